The monoisotopic (exact) mass is 249 g/mol. The van der Waals surface area contributed by atoms with Crippen LogP contribution in [0.1, 0.15) is 57.1 Å². The Labute approximate surface area is 109 Å². The molecule has 2 rings (SSSR count). The molecule has 1 heterocycles. The zero-order valence-corrected chi connectivity index (χ0v) is 11.4. The third kappa shape index (κ3) is 3.59. The highest BCUT2D eigenvalue weighted by atomic mass is 16.1. The SMILES string of the molecule is CC(NC(=O)CCC1CCCC1)c1cnn(C)c1. The Hall–Kier alpha value is -1.32. The van der Waals surface area contributed by atoms with Crippen molar-refractivity contribution in [2.45, 2.75) is 51.5 Å². The number of rotatable bonds is 5. The van der Waals surface area contributed by atoms with Crippen LogP contribution in [-0.4, -0.2) is 15.7 Å². The quantitative estimate of drug-likeness (QED) is 0.871. The Bertz CT molecular complexity index is 393. The lowest BCUT2D eigenvalue weighted by atomic mass is 10.0. The van der Waals surface area contributed by atoms with Crippen molar-refractivity contribution in [3.05, 3.63) is 18.0 Å². The molecule has 4 heteroatoms. The van der Waals surface area contributed by atoms with E-state index in [4.69, 9.17) is 0 Å². The predicted octanol–water partition coefficient (Wildman–Crippen LogP) is 2.57. The number of aryl methyl sites for hydroxylation is 1. The van der Waals surface area contributed by atoms with Gasteiger partial charge in [0.1, 0.15) is 0 Å². The topological polar surface area (TPSA) is 46.9 Å². The highest BCUT2D eigenvalue weighted by Crippen LogP contribution is 2.28. The average Bonchev–Trinajstić information content (AvgIpc) is 2.97. The molecule has 1 N–H and O–H groups in total. The van der Waals surface area contributed by atoms with Gasteiger partial charge in [0.25, 0.3) is 0 Å². The smallest absolute Gasteiger partial charge is 0.220 e. The second-order valence-electron chi connectivity index (χ2n) is 5.43. The zero-order valence-electron chi connectivity index (χ0n) is 11.4. The van der Waals surface area contributed by atoms with E-state index in [0.29, 0.717) is 6.42 Å². The van der Waals surface area contributed by atoms with Gasteiger partial charge in [-0.2, -0.15) is 5.10 Å². The van der Waals surface area contributed by atoms with Gasteiger partial charge in [0.05, 0.1) is 12.2 Å². The molecule has 4 nitrogen and oxygen atoms in total. The van der Waals surface area contributed by atoms with E-state index < -0.39 is 0 Å². The number of hydrogen-bond donors (Lipinski definition) is 1. The Morgan fingerprint density at radius 1 is 1.56 bits per heavy atom. The number of hydrogen-bond acceptors (Lipinski definition) is 2. The van der Waals surface area contributed by atoms with E-state index in [1.165, 1.54) is 25.7 Å². The molecule has 1 fully saturated rings. The van der Waals surface area contributed by atoms with E-state index in [2.05, 4.69) is 10.4 Å². The summed E-state index contributed by atoms with van der Waals surface area (Å²) in [5.41, 5.74) is 1.06. The Balaban J connectivity index is 1.73. The van der Waals surface area contributed by atoms with Crippen LogP contribution in [0.2, 0.25) is 0 Å². The van der Waals surface area contributed by atoms with E-state index in [1.807, 2.05) is 26.4 Å². The van der Waals surface area contributed by atoms with Gasteiger partial charge in [-0.25, -0.2) is 0 Å². The molecule has 0 saturated heterocycles. The van der Waals surface area contributed by atoms with E-state index in [0.717, 1.165) is 17.9 Å². The summed E-state index contributed by atoms with van der Waals surface area (Å²) in [6, 6.07) is 0.0507. The van der Waals surface area contributed by atoms with Crippen molar-refractivity contribution in [3.63, 3.8) is 0 Å². The lowest BCUT2D eigenvalue weighted by Crippen LogP contribution is -2.26. The van der Waals surface area contributed by atoms with Gasteiger partial charge in [-0.05, 0) is 19.3 Å². The first-order valence-corrected chi connectivity index (χ1v) is 6.93. The average molecular weight is 249 g/mol. The molecule has 1 amide bonds. The minimum absolute atomic E-state index is 0.0507. The third-order valence-electron chi connectivity index (χ3n) is 3.86. The van der Waals surface area contributed by atoms with Crippen LogP contribution in [-0.2, 0) is 11.8 Å². The summed E-state index contributed by atoms with van der Waals surface area (Å²) in [5, 5.41) is 7.16. The fraction of sp³-hybridized carbons (Fsp3) is 0.714. The first-order valence-electron chi connectivity index (χ1n) is 6.93. The van der Waals surface area contributed by atoms with Crippen molar-refractivity contribution in [3.8, 4) is 0 Å². The summed E-state index contributed by atoms with van der Waals surface area (Å²) in [5.74, 6) is 0.947. The zero-order chi connectivity index (χ0) is 13.0. The second kappa shape index (κ2) is 6.03. The van der Waals surface area contributed by atoms with Gasteiger partial charge in [-0.1, -0.05) is 25.7 Å². The maximum atomic E-state index is 11.9. The number of carbonyl (C=O) groups excluding carboxylic acids is 1. The number of nitrogens with one attached hydrogen (secondary N) is 1. The normalized spacial score (nSPS) is 17.9. The number of amides is 1. The van der Waals surface area contributed by atoms with Gasteiger partial charge >= 0.3 is 0 Å². The summed E-state index contributed by atoms with van der Waals surface area (Å²) in [7, 11) is 1.89. The molecular formula is C14H23N3O. The van der Waals surface area contributed by atoms with Crippen LogP contribution in [0.15, 0.2) is 12.4 Å². The number of carbonyl (C=O) groups is 1. The molecule has 1 aromatic heterocycles. The summed E-state index contributed by atoms with van der Waals surface area (Å²) < 4.78 is 1.76. The van der Waals surface area contributed by atoms with Crippen LogP contribution in [0.4, 0.5) is 0 Å². The molecule has 1 aromatic rings. The van der Waals surface area contributed by atoms with Gasteiger partial charge in [0.2, 0.25) is 5.91 Å². The summed E-state index contributed by atoms with van der Waals surface area (Å²) >= 11 is 0. The minimum Gasteiger partial charge on any atom is -0.349 e. The maximum Gasteiger partial charge on any atom is 0.220 e. The number of nitrogens with zero attached hydrogens (tertiary/aromatic N) is 2. The first-order chi connectivity index (χ1) is 8.65. The minimum atomic E-state index is 0.0507. The first kappa shape index (κ1) is 13.1. The van der Waals surface area contributed by atoms with Crippen LogP contribution < -0.4 is 5.32 Å². The summed E-state index contributed by atoms with van der Waals surface area (Å²) in [6.07, 6.45) is 10.8. The van der Waals surface area contributed by atoms with Crippen molar-refractivity contribution < 1.29 is 4.79 Å². The van der Waals surface area contributed by atoms with Crippen LogP contribution in [0.5, 0.6) is 0 Å². The predicted molar refractivity (Wildman–Crippen MR) is 71.0 cm³/mol. The lowest BCUT2D eigenvalue weighted by Gasteiger charge is -2.13. The molecule has 1 aliphatic carbocycles. The van der Waals surface area contributed by atoms with E-state index >= 15 is 0 Å². The van der Waals surface area contributed by atoms with Gasteiger partial charge in [-0.15, -0.1) is 0 Å². The van der Waals surface area contributed by atoms with E-state index in [1.54, 1.807) is 4.68 Å². The molecule has 1 unspecified atom stereocenters. The Morgan fingerprint density at radius 2 is 2.28 bits per heavy atom. The van der Waals surface area contributed by atoms with Gasteiger partial charge in [0, 0.05) is 25.2 Å². The molecule has 1 saturated carbocycles. The highest BCUT2D eigenvalue weighted by molar-refractivity contribution is 5.76. The van der Waals surface area contributed by atoms with Gasteiger partial charge < -0.3 is 5.32 Å². The van der Waals surface area contributed by atoms with Crippen molar-refractivity contribution in [2.75, 3.05) is 0 Å². The van der Waals surface area contributed by atoms with Crippen molar-refractivity contribution in [1.82, 2.24) is 15.1 Å². The molecule has 0 aromatic carbocycles. The van der Waals surface area contributed by atoms with Crippen LogP contribution in [0.25, 0.3) is 0 Å². The molecule has 0 bridgehead atoms. The maximum absolute atomic E-state index is 11.9. The molecule has 0 radical (unpaired) electrons. The lowest BCUT2D eigenvalue weighted by molar-refractivity contribution is -0.122. The third-order valence-corrected chi connectivity index (χ3v) is 3.86. The number of aromatic nitrogens is 2. The summed E-state index contributed by atoms with van der Waals surface area (Å²) in [4.78, 5) is 11.9. The fourth-order valence-electron chi connectivity index (χ4n) is 2.69. The molecule has 1 aliphatic rings. The van der Waals surface area contributed by atoms with E-state index in [9.17, 15) is 4.79 Å². The van der Waals surface area contributed by atoms with Crippen LogP contribution >= 0.6 is 0 Å². The Morgan fingerprint density at radius 3 is 2.89 bits per heavy atom. The van der Waals surface area contributed by atoms with E-state index in [-0.39, 0.29) is 11.9 Å². The molecule has 0 spiro atoms. The fourth-order valence-corrected chi connectivity index (χ4v) is 2.69. The Kier molecular flexibility index (Phi) is 4.39. The molecule has 1 atom stereocenters. The molecule has 100 valence electrons. The van der Waals surface area contributed by atoms with Gasteiger partial charge in [-0.3, -0.25) is 9.48 Å². The highest BCUT2D eigenvalue weighted by Gasteiger charge is 2.17. The standard InChI is InChI=1S/C14H23N3O/c1-11(13-9-15-17(2)10-13)16-14(18)8-7-12-5-3-4-6-12/h9-12H,3-8H2,1-2H3,(H,16,18). The van der Waals surface area contributed by atoms with Crippen LogP contribution in [0.3, 0.4) is 0 Å². The van der Waals surface area contributed by atoms with Gasteiger partial charge in [0.15, 0.2) is 0 Å². The van der Waals surface area contributed by atoms with Crippen molar-refractivity contribution >= 4 is 5.91 Å². The molecule has 0 aliphatic heterocycles. The summed E-state index contributed by atoms with van der Waals surface area (Å²) in [6.45, 7) is 2.00. The van der Waals surface area contributed by atoms with Crippen LogP contribution in [0, 0.1) is 5.92 Å². The van der Waals surface area contributed by atoms with Crippen molar-refractivity contribution in [2.24, 2.45) is 13.0 Å². The second-order valence-corrected chi connectivity index (χ2v) is 5.43. The van der Waals surface area contributed by atoms with Crippen molar-refractivity contribution in [1.29, 1.82) is 0 Å². The largest absolute Gasteiger partial charge is 0.349 e. The molecule has 18 heavy (non-hydrogen) atoms. The molecular weight excluding hydrogens is 226 g/mol.